The third kappa shape index (κ3) is 2.55. The summed E-state index contributed by atoms with van der Waals surface area (Å²) in [5.74, 6) is 1.77. The lowest BCUT2D eigenvalue weighted by molar-refractivity contribution is 0.354. The van der Waals surface area contributed by atoms with Crippen molar-refractivity contribution in [2.45, 2.75) is 13.0 Å². The maximum Gasteiger partial charge on any atom is 0.161 e. The minimum absolute atomic E-state index is 0.175. The fourth-order valence-corrected chi connectivity index (χ4v) is 1.65. The third-order valence-corrected chi connectivity index (χ3v) is 2.67. The fraction of sp³-hybridized carbons (Fsp3) is 0.455. The van der Waals surface area contributed by atoms with E-state index in [0.29, 0.717) is 17.4 Å². The second-order valence-corrected chi connectivity index (χ2v) is 3.63. The molecule has 1 aromatic rings. The molecule has 0 spiro atoms. The predicted octanol–water partition coefficient (Wildman–Crippen LogP) is 2.25. The average molecular weight is 230 g/mol. The molecule has 0 aromatic heterocycles. The fourth-order valence-electron chi connectivity index (χ4n) is 1.48. The van der Waals surface area contributed by atoms with Crippen LogP contribution in [-0.2, 0) is 0 Å². The van der Waals surface area contributed by atoms with Crippen molar-refractivity contribution in [1.82, 2.24) is 0 Å². The van der Waals surface area contributed by atoms with Gasteiger partial charge in [0.2, 0.25) is 0 Å². The Kier molecular flexibility index (Phi) is 4.24. The van der Waals surface area contributed by atoms with Crippen LogP contribution in [0, 0.1) is 6.92 Å². The van der Waals surface area contributed by atoms with Crippen LogP contribution in [0.25, 0.3) is 0 Å². The van der Waals surface area contributed by atoms with Gasteiger partial charge in [0.1, 0.15) is 0 Å². The summed E-state index contributed by atoms with van der Waals surface area (Å²) in [5.41, 5.74) is 7.93. The first kappa shape index (κ1) is 12.1. The Balaban J connectivity index is 3.19. The molecule has 0 heterocycles. The summed E-state index contributed by atoms with van der Waals surface area (Å²) in [6, 6.07) is 3.60. The molecule has 3 nitrogen and oxygen atoms in total. The molecule has 84 valence electrons. The first-order valence-electron chi connectivity index (χ1n) is 4.68. The molecular weight excluding hydrogens is 214 g/mol. The molecule has 0 aliphatic rings. The van der Waals surface area contributed by atoms with Gasteiger partial charge in [-0.15, -0.1) is 11.6 Å². The van der Waals surface area contributed by atoms with E-state index in [1.165, 1.54) is 0 Å². The van der Waals surface area contributed by atoms with Gasteiger partial charge in [-0.05, 0) is 30.2 Å². The summed E-state index contributed by atoms with van der Waals surface area (Å²) in [4.78, 5) is 0. The van der Waals surface area contributed by atoms with E-state index in [1.807, 2.05) is 19.1 Å². The van der Waals surface area contributed by atoms with Crippen LogP contribution in [0.2, 0.25) is 0 Å². The van der Waals surface area contributed by atoms with Gasteiger partial charge in [-0.3, -0.25) is 0 Å². The molecular formula is C11H16ClNO2. The van der Waals surface area contributed by atoms with Gasteiger partial charge >= 0.3 is 0 Å². The lowest BCUT2D eigenvalue weighted by Gasteiger charge is -2.15. The molecule has 1 atom stereocenters. The number of aryl methyl sites for hydroxylation is 1. The highest BCUT2D eigenvalue weighted by molar-refractivity contribution is 6.18. The quantitative estimate of drug-likeness (QED) is 0.806. The van der Waals surface area contributed by atoms with Gasteiger partial charge in [-0.25, -0.2) is 0 Å². The van der Waals surface area contributed by atoms with E-state index in [-0.39, 0.29) is 6.04 Å². The van der Waals surface area contributed by atoms with Gasteiger partial charge in [0.05, 0.1) is 14.2 Å². The topological polar surface area (TPSA) is 44.5 Å². The summed E-state index contributed by atoms with van der Waals surface area (Å²) >= 11 is 5.73. The van der Waals surface area contributed by atoms with Crippen LogP contribution in [0.3, 0.4) is 0 Å². The van der Waals surface area contributed by atoms with Crippen LogP contribution in [0.15, 0.2) is 12.1 Å². The highest BCUT2D eigenvalue weighted by Gasteiger charge is 2.13. The van der Waals surface area contributed by atoms with E-state index in [1.54, 1.807) is 14.2 Å². The summed E-state index contributed by atoms with van der Waals surface area (Å²) in [6.45, 7) is 1.98. The summed E-state index contributed by atoms with van der Waals surface area (Å²) in [5, 5.41) is 0. The normalized spacial score (nSPS) is 12.3. The van der Waals surface area contributed by atoms with Crippen molar-refractivity contribution in [2.75, 3.05) is 20.1 Å². The van der Waals surface area contributed by atoms with Crippen LogP contribution >= 0.6 is 11.6 Å². The van der Waals surface area contributed by atoms with Crippen molar-refractivity contribution in [2.24, 2.45) is 5.73 Å². The van der Waals surface area contributed by atoms with Gasteiger partial charge in [-0.2, -0.15) is 0 Å². The zero-order chi connectivity index (χ0) is 11.4. The largest absolute Gasteiger partial charge is 0.493 e. The molecule has 0 saturated heterocycles. The summed E-state index contributed by atoms with van der Waals surface area (Å²) in [6.07, 6.45) is 0. The first-order chi connectivity index (χ1) is 7.13. The minimum atomic E-state index is -0.175. The Morgan fingerprint density at radius 1 is 1.27 bits per heavy atom. The van der Waals surface area contributed by atoms with E-state index < -0.39 is 0 Å². The van der Waals surface area contributed by atoms with Crippen LogP contribution in [0.5, 0.6) is 11.5 Å². The van der Waals surface area contributed by atoms with Gasteiger partial charge in [-0.1, -0.05) is 0 Å². The SMILES string of the molecule is COc1cc(C)c(C(N)CCl)cc1OC. The van der Waals surface area contributed by atoms with E-state index in [9.17, 15) is 0 Å². The van der Waals surface area contributed by atoms with E-state index in [4.69, 9.17) is 26.8 Å². The summed E-state index contributed by atoms with van der Waals surface area (Å²) < 4.78 is 10.4. The molecule has 1 aromatic carbocycles. The van der Waals surface area contributed by atoms with Crippen LogP contribution < -0.4 is 15.2 Å². The second-order valence-electron chi connectivity index (χ2n) is 3.32. The van der Waals surface area contributed by atoms with Gasteiger partial charge in [0, 0.05) is 11.9 Å². The molecule has 0 radical (unpaired) electrons. The number of halogens is 1. The van der Waals surface area contributed by atoms with Gasteiger partial charge < -0.3 is 15.2 Å². The number of hydrogen-bond acceptors (Lipinski definition) is 3. The molecule has 0 saturated carbocycles. The van der Waals surface area contributed by atoms with E-state index in [0.717, 1.165) is 11.1 Å². The molecule has 1 unspecified atom stereocenters. The Bertz CT molecular complexity index is 342. The molecule has 4 heteroatoms. The Morgan fingerprint density at radius 2 is 1.80 bits per heavy atom. The number of alkyl halides is 1. The van der Waals surface area contributed by atoms with Crippen molar-refractivity contribution in [3.8, 4) is 11.5 Å². The maximum atomic E-state index is 5.88. The van der Waals surface area contributed by atoms with Crippen molar-refractivity contribution in [3.05, 3.63) is 23.3 Å². The number of hydrogen-bond donors (Lipinski definition) is 1. The van der Waals surface area contributed by atoms with Crippen molar-refractivity contribution < 1.29 is 9.47 Å². The van der Waals surface area contributed by atoms with E-state index in [2.05, 4.69) is 0 Å². The standard InChI is InChI=1S/C11H16ClNO2/c1-7-4-10(14-2)11(15-3)5-8(7)9(13)6-12/h4-5,9H,6,13H2,1-3H3. The molecule has 0 aliphatic carbocycles. The Labute approximate surface area is 95.1 Å². The molecule has 2 N–H and O–H groups in total. The average Bonchev–Trinajstić information content (AvgIpc) is 2.27. The molecule has 0 bridgehead atoms. The van der Waals surface area contributed by atoms with Crippen LogP contribution in [0.4, 0.5) is 0 Å². The molecule has 15 heavy (non-hydrogen) atoms. The van der Waals surface area contributed by atoms with Crippen LogP contribution in [-0.4, -0.2) is 20.1 Å². The maximum absolute atomic E-state index is 5.88. The van der Waals surface area contributed by atoms with Crippen LogP contribution in [0.1, 0.15) is 17.2 Å². The monoisotopic (exact) mass is 229 g/mol. The lowest BCUT2D eigenvalue weighted by atomic mass is 10.0. The highest BCUT2D eigenvalue weighted by Crippen LogP contribution is 2.32. The molecule has 0 fully saturated rings. The number of methoxy groups -OCH3 is 2. The highest BCUT2D eigenvalue weighted by atomic mass is 35.5. The number of benzene rings is 1. The minimum Gasteiger partial charge on any atom is -0.493 e. The number of rotatable bonds is 4. The molecule has 0 aliphatic heterocycles. The lowest BCUT2D eigenvalue weighted by Crippen LogP contribution is -2.13. The number of ether oxygens (including phenoxy) is 2. The van der Waals surface area contributed by atoms with Crippen molar-refractivity contribution in [3.63, 3.8) is 0 Å². The van der Waals surface area contributed by atoms with Crippen molar-refractivity contribution >= 4 is 11.6 Å². The second kappa shape index (κ2) is 5.24. The zero-order valence-corrected chi connectivity index (χ0v) is 9.97. The van der Waals surface area contributed by atoms with Crippen molar-refractivity contribution in [1.29, 1.82) is 0 Å². The Morgan fingerprint density at radius 3 is 2.27 bits per heavy atom. The van der Waals surface area contributed by atoms with E-state index >= 15 is 0 Å². The van der Waals surface area contributed by atoms with Gasteiger partial charge in [0.25, 0.3) is 0 Å². The summed E-state index contributed by atoms with van der Waals surface area (Å²) in [7, 11) is 3.21. The third-order valence-electron chi connectivity index (χ3n) is 2.34. The predicted molar refractivity (Wildman–Crippen MR) is 61.9 cm³/mol. The molecule has 0 amide bonds. The van der Waals surface area contributed by atoms with Gasteiger partial charge in [0.15, 0.2) is 11.5 Å². The zero-order valence-electron chi connectivity index (χ0n) is 9.21. The molecule has 1 rings (SSSR count). The smallest absolute Gasteiger partial charge is 0.161 e. The Hall–Kier alpha value is -0.930. The number of nitrogens with two attached hydrogens (primary N) is 1. The first-order valence-corrected chi connectivity index (χ1v) is 5.21.